The highest BCUT2D eigenvalue weighted by Gasteiger charge is 2.31. The van der Waals surface area contributed by atoms with Gasteiger partial charge in [-0.2, -0.15) is 9.61 Å². The van der Waals surface area contributed by atoms with Gasteiger partial charge in [0.1, 0.15) is 12.1 Å². The molecule has 5 rings (SSSR count). The smallest absolute Gasteiger partial charge is 0.230 e. The molecule has 0 amide bonds. The summed E-state index contributed by atoms with van der Waals surface area (Å²) in [4.78, 5) is 7.83. The molecule has 3 heterocycles. The molecule has 2 aromatic heterocycles. The van der Waals surface area contributed by atoms with Gasteiger partial charge in [0.2, 0.25) is 10.8 Å². The van der Waals surface area contributed by atoms with Crippen LogP contribution in [-0.4, -0.2) is 31.1 Å². The fraction of sp³-hybridized carbons (Fsp3) is 0.200. The first-order valence-electron chi connectivity index (χ1n) is 8.78. The van der Waals surface area contributed by atoms with Gasteiger partial charge in [-0.3, -0.25) is 4.90 Å². The third-order valence-corrected chi connectivity index (χ3v) is 6.16. The zero-order valence-corrected chi connectivity index (χ0v) is 15.2. The average Bonchev–Trinajstić information content (AvgIpc) is 3.26. The Labute approximate surface area is 159 Å². The highest BCUT2D eigenvalue weighted by molar-refractivity contribution is 7.17. The van der Waals surface area contributed by atoms with E-state index in [9.17, 15) is 9.50 Å². The lowest BCUT2D eigenvalue weighted by Crippen LogP contribution is -2.34. The van der Waals surface area contributed by atoms with E-state index in [1.165, 1.54) is 39.4 Å². The van der Waals surface area contributed by atoms with Crippen molar-refractivity contribution in [2.24, 2.45) is 0 Å². The standard InChI is InChI=1S/C20H17FN4OS/c21-16-7-3-6-14(10-16)17(18-19(26)25-20(27-18)22-12-23-25)24-9-8-13-4-1-2-5-15(13)11-24/h1-7,10,12,17,26H,8-9,11H2. The minimum atomic E-state index is -0.283. The summed E-state index contributed by atoms with van der Waals surface area (Å²) in [6, 6.07) is 14.7. The number of hydrogen-bond donors (Lipinski definition) is 1. The highest BCUT2D eigenvalue weighted by atomic mass is 32.1. The quantitative estimate of drug-likeness (QED) is 0.588. The molecular weight excluding hydrogens is 363 g/mol. The van der Waals surface area contributed by atoms with Crippen LogP contribution < -0.4 is 0 Å². The van der Waals surface area contributed by atoms with Crippen LogP contribution in [0.5, 0.6) is 5.88 Å². The van der Waals surface area contributed by atoms with Crippen molar-refractivity contribution in [2.75, 3.05) is 6.54 Å². The molecule has 0 spiro atoms. The molecule has 1 N–H and O–H groups in total. The van der Waals surface area contributed by atoms with E-state index < -0.39 is 0 Å². The normalized spacial score (nSPS) is 15.7. The predicted molar refractivity (Wildman–Crippen MR) is 101 cm³/mol. The van der Waals surface area contributed by atoms with Crippen LogP contribution >= 0.6 is 11.3 Å². The Morgan fingerprint density at radius 1 is 1.11 bits per heavy atom. The van der Waals surface area contributed by atoms with Crippen molar-refractivity contribution < 1.29 is 9.50 Å². The van der Waals surface area contributed by atoms with Gasteiger partial charge < -0.3 is 5.11 Å². The average molecular weight is 380 g/mol. The van der Waals surface area contributed by atoms with Gasteiger partial charge in [0.15, 0.2) is 0 Å². The molecule has 7 heteroatoms. The number of thiazole rings is 1. The summed E-state index contributed by atoms with van der Waals surface area (Å²) in [6.45, 7) is 1.57. The van der Waals surface area contributed by atoms with Crippen molar-refractivity contribution in [2.45, 2.75) is 19.0 Å². The second kappa shape index (κ2) is 6.44. The van der Waals surface area contributed by atoms with Gasteiger partial charge in [0.25, 0.3) is 0 Å². The van der Waals surface area contributed by atoms with E-state index in [0.29, 0.717) is 4.96 Å². The molecule has 1 aliphatic rings. The van der Waals surface area contributed by atoms with E-state index in [0.717, 1.165) is 30.0 Å². The number of nitrogens with zero attached hydrogens (tertiary/aromatic N) is 4. The van der Waals surface area contributed by atoms with Crippen molar-refractivity contribution in [1.29, 1.82) is 0 Å². The number of fused-ring (bicyclic) bond motifs is 2. The Balaban J connectivity index is 1.63. The van der Waals surface area contributed by atoms with E-state index in [1.54, 1.807) is 12.1 Å². The molecule has 4 aromatic rings. The zero-order valence-electron chi connectivity index (χ0n) is 14.4. The molecule has 0 bridgehead atoms. The lowest BCUT2D eigenvalue weighted by molar-refractivity contribution is 0.205. The summed E-state index contributed by atoms with van der Waals surface area (Å²) in [5, 5.41) is 14.8. The number of rotatable bonds is 3. The van der Waals surface area contributed by atoms with Crippen LogP contribution in [0.3, 0.4) is 0 Å². The van der Waals surface area contributed by atoms with Crippen LogP contribution in [0.2, 0.25) is 0 Å². The highest BCUT2D eigenvalue weighted by Crippen LogP contribution is 2.41. The minimum Gasteiger partial charge on any atom is -0.492 e. The third-order valence-electron chi connectivity index (χ3n) is 5.08. The summed E-state index contributed by atoms with van der Waals surface area (Å²) in [5.74, 6) is -0.213. The maximum absolute atomic E-state index is 14.0. The van der Waals surface area contributed by atoms with Crippen LogP contribution in [0.1, 0.15) is 27.6 Å². The van der Waals surface area contributed by atoms with Gasteiger partial charge in [0.05, 0.1) is 10.9 Å². The molecule has 136 valence electrons. The van der Waals surface area contributed by atoms with Crippen LogP contribution in [0.15, 0.2) is 54.9 Å². The summed E-state index contributed by atoms with van der Waals surface area (Å²) in [5.41, 5.74) is 3.43. The van der Waals surface area contributed by atoms with Crippen molar-refractivity contribution in [3.8, 4) is 5.88 Å². The molecule has 0 saturated carbocycles. The minimum absolute atomic E-state index is 0.0700. The second-order valence-electron chi connectivity index (χ2n) is 6.69. The lowest BCUT2D eigenvalue weighted by Gasteiger charge is -2.35. The summed E-state index contributed by atoms with van der Waals surface area (Å²) in [7, 11) is 0. The number of benzene rings is 2. The number of hydrogen-bond acceptors (Lipinski definition) is 5. The molecule has 0 fully saturated rings. The number of halogens is 1. The largest absolute Gasteiger partial charge is 0.492 e. The van der Waals surface area contributed by atoms with E-state index in [2.05, 4.69) is 33.2 Å². The second-order valence-corrected chi connectivity index (χ2v) is 7.70. The topological polar surface area (TPSA) is 53.7 Å². The van der Waals surface area contributed by atoms with Crippen LogP contribution in [0.25, 0.3) is 4.96 Å². The molecule has 0 saturated heterocycles. The summed E-state index contributed by atoms with van der Waals surface area (Å²) < 4.78 is 15.4. The van der Waals surface area contributed by atoms with Crippen LogP contribution in [0.4, 0.5) is 4.39 Å². The van der Waals surface area contributed by atoms with Gasteiger partial charge >= 0.3 is 0 Å². The Bertz CT molecular complexity index is 1120. The molecular formula is C20H17FN4OS. The molecule has 0 radical (unpaired) electrons. The van der Waals surface area contributed by atoms with Crippen molar-refractivity contribution in [3.05, 3.63) is 82.2 Å². The van der Waals surface area contributed by atoms with Crippen LogP contribution in [0, 0.1) is 5.82 Å². The van der Waals surface area contributed by atoms with Crippen molar-refractivity contribution in [1.82, 2.24) is 19.5 Å². The van der Waals surface area contributed by atoms with E-state index in [1.807, 2.05) is 12.1 Å². The Kier molecular flexibility index (Phi) is 3.91. The van der Waals surface area contributed by atoms with Crippen molar-refractivity contribution >= 4 is 16.3 Å². The molecule has 1 atom stereocenters. The monoisotopic (exact) mass is 380 g/mol. The molecule has 27 heavy (non-hydrogen) atoms. The first kappa shape index (κ1) is 16.4. The van der Waals surface area contributed by atoms with Gasteiger partial charge in [-0.25, -0.2) is 9.37 Å². The fourth-order valence-corrected chi connectivity index (χ4v) is 4.91. The predicted octanol–water partition coefficient (Wildman–Crippen LogP) is 3.78. The summed E-state index contributed by atoms with van der Waals surface area (Å²) >= 11 is 1.39. The zero-order chi connectivity index (χ0) is 18.4. The van der Waals surface area contributed by atoms with Crippen LogP contribution in [-0.2, 0) is 13.0 Å². The van der Waals surface area contributed by atoms with E-state index in [4.69, 9.17) is 0 Å². The number of aromatic nitrogens is 3. The number of aromatic hydroxyl groups is 1. The molecule has 5 nitrogen and oxygen atoms in total. The first-order chi connectivity index (χ1) is 13.2. The van der Waals surface area contributed by atoms with Crippen molar-refractivity contribution in [3.63, 3.8) is 0 Å². The van der Waals surface area contributed by atoms with Gasteiger partial charge in [0, 0.05) is 13.1 Å². The van der Waals surface area contributed by atoms with Gasteiger partial charge in [-0.05, 0) is 35.2 Å². The maximum atomic E-state index is 14.0. The lowest BCUT2D eigenvalue weighted by atomic mass is 9.95. The molecule has 0 aliphatic carbocycles. The Morgan fingerprint density at radius 3 is 2.78 bits per heavy atom. The van der Waals surface area contributed by atoms with Gasteiger partial charge in [-0.1, -0.05) is 47.7 Å². The SMILES string of the molecule is Oc1c(C(c2cccc(F)c2)N2CCc3ccccc3C2)sc2ncnn12. The summed E-state index contributed by atoms with van der Waals surface area (Å²) in [6.07, 6.45) is 2.34. The Morgan fingerprint density at radius 2 is 1.96 bits per heavy atom. The third kappa shape index (κ3) is 2.79. The molecule has 2 aromatic carbocycles. The van der Waals surface area contributed by atoms with E-state index >= 15 is 0 Å². The fourth-order valence-electron chi connectivity index (χ4n) is 3.81. The first-order valence-corrected chi connectivity index (χ1v) is 9.60. The molecule has 1 aliphatic heterocycles. The van der Waals surface area contributed by atoms with Gasteiger partial charge in [-0.15, -0.1) is 0 Å². The Hall–Kier alpha value is -2.77. The van der Waals surface area contributed by atoms with E-state index in [-0.39, 0.29) is 17.7 Å². The maximum Gasteiger partial charge on any atom is 0.230 e. The molecule has 1 unspecified atom stereocenters.